The van der Waals surface area contributed by atoms with Crippen molar-refractivity contribution in [1.82, 2.24) is 4.90 Å². The number of hydrogen-bond acceptors (Lipinski definition) is 5. The van der Waals surface area contributed by atoms with Crippen molar-refractivity contribution in [3.05, 3.63) is 40.2 Å². The van der Waals surface area contributed by atoms with Crippen LogP contribution < -0.4 is 5.63 Å². The number of fused-ring (bicyclic) bond motifs is 1. The summed E-state index contributed by atoms with van der Waals surface area (Å²) >= 11 is 0. The van der Waals surface area contributed by atoms with Gasteiger partial charge in [-0.25, -0.2) is 4.79 Å². The number of aromatic hydroxyl groups is 1. The molecule has 0 saturated heterocycles. The summed E-state index contributed by atoms with van der Waals surface area (Å²) in [5.41, 5.74) is 0.775. The topological polar surface area (TPSA) is 73.9 Å². The molecule has 1 heterocycles. The third-order valence-electron chi connectivity index (χ3n) is 3.07. The Bertz CT molecular complexity index is 620. The zero-order chi connectivity index (χ0) is 13.8. The predicted octanol–water partition coefficient (Wildman–Crippen LogP) is 1.31. The van der Waals surface area contributed by atoms with Crippen molar-refractivity contribution in [3.8, 4) is 5.75 Å². The number of rotatable bonds is 5. The minimum Gasteiger partial charge on any atom is -0.508 e. The van der Waals surface area contributed by atoms with E-state index in [1.54, 1.807) is 12.1 Å². The molecule has 1 aromatic carbocycles. The van der Waals surface area contributed by atoms with Crippen LogP contribution in [0.25, 0.3) is 11.0 Å². The van der Waals surface area contributed by atoms with E-state index in [4.69, 9.17) is 9.52 Å². The van der Waals surface area contributed by atoms with Crippen LogP contribution in [0.3, 0.4) is 0 Å². The molecule has 19 heavy (non-hydrogen) atoms. The quantitative estimate of drug-likeness (QED) is 0.796. The summed E-state index contributed by atoms with van der Waals surface area (Å²) in [5, 5.41) is 19.2. The van der Waals surface area contributed by atoms with Crippen LogP contribution in [0.4, 0.5) is 0 Å². The van der Waals surface area contributed by atoms with Crippen molar-refractivity contribution in [2.24, 2.45) is 0 Å². The first-order chi connectivity index (χ1) is 9.13. The Kier molecular flexibility index (Phi) is 4.19. The van der Waals surface area contributed by atoms with Crippen LogP contribution in [0.15, 0.2) is 33.5 Å². The number of nitrogens with zero attached hydrogens (tertiary/aromatic N) is 1. The van der Waals surface area contributed by atoms with Crippen molar-refractivity contribution < 1.29 is 14.6 Å². The van der Waals surface area contributed by atoms with Gasteiger partial charge in [-0.05, 0) is 24.2 Å². The molecule has 0 radical (unpaired) electrons. The second-order valence-electron chi connectivity index (χ2n) is 4.36. The van der Waals surface area contributed by atoms with Crippen LogP contribution in [-0.4, -0.2) is 34.8 Å². The average Bonchev–Trinajstić information content (AvgIpc) is 2.37. The summed E-state index contributed by atoms with van der Waals surface area (Å²) in [4.78, 5) is 13.6. The SMILES string of the molecule is CCN(CCO)Cc1cc(=O)oc2cc(O)ccc12. The van der Waals surface area contributed by atoms with Gasteiger partial charge >= 0.3 is 5.63 Å². The molecule has 5 nitrogen and oxygen atoms in total. The largest absolute Gasteiger partial charge is 0.508 e. The van der Waals surface area contributed by atoms with Crippen molar-refractivity contribution in [2.45, 2.75) is 13.5 Å². The zero-order valence-electron chi connectivity index (χ0n) is 10.8. The van der Waals surface area contributed by atoms with Crippen molar-refractivity contribution >= 4 is 11.0 Å². The first-order valence-corrected chi connectivity index (χ1v) is 6.23. The van der Waals surface area contributed by atoms with E-state index in [-0.39, 0.29) is 12.4 Å². The maximum Gasteiger partial charge on any atom is 0.336 e. The molecule has 0 aliphatic rings. The number of hydrogen-bond donors (Lipinski definition) is 2. The third-order valence-corrected chi connectivity index (χ3v) is 3.07. The second-order valence-corrected chi connectivity index (χ2v) is 4.36. The first-order valence-electron chi connectivity index (χ1n) is 6.23. The maximum atomic E-state index is 11.5. The highest BCUT2D eigenvalue weighted by molar-refractivity contribution is 5.81. The van der Waals surface area contributed by atoms with E-state index in [1.165, 1.54) is 12.1 Å². The summed E-state index contributed by atoms with van der Waals surface area (Å²) in [7, 11) is 0. The summed E-state index contributed by atoms with van der Waals surface area (Å²) < 4.78 is 5.07. The number of benzene rings is 1. The van der Waals surface area contributed by atoms with Gasteiger partial charge in [-0.2, -0.15) is 0 Å². The molecule has 2 aromatic rings. The van der Waals surface area contributed by atoms with Crippen LogP contribution in [0.2, 0.25) is 0 Å². The summed E-state index contributed by atoms with van der Waals surface area (Å²) in [5.74, 6) is 0.0653. The van der Waals surface area contributed by atoms with Crippen LogP contribution in [0, 0.1) is 0 Å². The number of phenols is 1. The fourth-order valence-corrected chi connectivity index (χ4v) is 2.08. The molecule has 0 aliphatic heterocycles. The lowest BCUT2D eigenvalue weighted by Gasteiger charge is -2.19. The molecule has 0 atom stereocenters. The lowest BCUT2D eigenvalue weighted by molar-refractivity contribution is 0.197. The van der Waals surface area contributed by atoms with E-state index in [9.17, 15) is 9.90 Å². The molecule has 0 fully saturated rings. The normalized spacial score (nSPS) is 11.3. The van der Waals surface area contributed by atoms with E-state index < -0.39 is 5.63 Å². The molecular formula is C14H17NO4. The molecule has 5 heteroatoms. The number of likely N-dealkylation sites (N-methyl/N-ethyl adjacent to an activating group) is 1. The standard InChI is InChI=1S/C14H17NO4/c1-2-15(5-6-16)9-10-7-14(18)19-13-8-11(17)3-4-12(10)13/h3-4,7-8,16-17H,2,5-6,9H2,1H3. The third kappa shape index (κ3) is 3.13. The van der Waals surface area contributed by atoms with Gasteiger partial charge in [0.1, 0.15) is 11.3 Å². The predicted molar refractivity (Wildman–Crippen MR) is 72.2 cm³/mol. The second kappa shape index (κ2) is 5.86. The van der Waals surface area contributed by atoms with Gasteiger partial charge in [-0.15, -0.1) is 0 Å². The Labute approximate surface area is 110 Å². The van der Waals surface area contributed by atoms with Gasteiger partial charge in [0.05, 0.1) is 6.61 Å². The van der Waals surface area contributed by atoms with Crippen molar-refractivity contribution in [1.29, 1.82) is 0 Å². The highest BCUT2D eigenvalue weighted by Gasteiger charge is 2.10. The van der Waals surface area contributed by atoms with E-state index in [2.05, 4.69) is 0 Å². The van der Waals surface area contributed by atoms with E-state index in [0.717, 1.165) is 17.5 Å². The highest BCUT2D eigenvalue weighted by Crippen LogP contribution is 2.22. The fraction of sp³-hybridized carbons (Fsp3) is 0.357. The van der Waals surface area contributed by atoms with Gasteiger partial charge in [-0.1, -0.05) is 6.92 Å². The molecule has 102 valence electrons. The molecule has 0 spiro atoms. The molecule has 0 saturated carbocycles. The van der Waals surface area contributed by atoms with Crippen molar-refractivity contribution in [2.75, 3.05) is 19.7 Å². The maximum absolute atomic E-state index is 11.5. The molecule has 0 aliphatic carbocycles. The average molecular weight is 263 g/mol. The molecule has 0 amide bonds. The summed E-state index contributed by atoms with van der Waals surface area (Å²) in [6, 6.07) is 6.19. The Morgan fingerprint density at radius 3 is 2.79 bits per heavy atom. The number of aliphatic hydroxyl groups excluding tert-OH is 1. The van der Waals surface area contributed by atoms with Gasteiger partial charge in [0, 0.05) is 30.6 Å². The van der Waals surface area contributed by atoms with Crippen molar-refractivity contribution in [3.63, 3.8) is 0 Å². The monoisotopic (exact) mass is 263 g/mol. The minimum atomic E-state index is -0.437. The van der Waals surface area contributed by atoms with Gasteiger partial charge in [-0.3, -0.25) is 4.90 Å². The van der Waals surface area contributed by atoms with Crippen LogP contribution in [0.1, 0.15) is 12.5 Å². The van der Waals surface area contributed by atoms with Gasteiger partial charge in [0.15, 0.2) is 0 Å². The molecule has 2 N–H and O–H groups in total. The lowest BCUT2D eigenvalue weighted by Crippen LogP contribution is -2.26. The smallest absolute Gasteiger partial charge is 0.336 e. The first kappa shape index (κ1) is 13.6. The molecule has 0 unspecified atom stereocenters. The molecular weight excluding hydrogens is 246 g/mol. The summed E-state index contributed by atoms with van der Waals surface area (Å²) in [6.45, 7) is 3.96. The molecule has 0 bridgehead atoms. The molecule has 2 rings (SSSR count). The van der Waals surface area contributed by atoms with Crippen LogP contribution >= 0.6 is 0 Å². The van der Waals surface area contributed by atoms with Gasteiger partial charge < -0.3 is 14.6 Å². The number of aliphatic hydroxyl groups is 1. The summed E-state index contributed by atoms with van der Waals surface area (Å²) in [6.07, 6.45) is 0. The van der Waals surface area contributed by atoms with E-state index in [1.807, 2.05) is 11.8 Å². The highest BCUT2D eigenvalue weighted by atomic mass is 16.4. The Morgan fingerprint density at radius 1 is 1.32 bits per heavy atom. The van der Waals surface area contributed by atoms with E-state index in [0.29, 0.717) is 18.7 Å². The van der Waals surface area contributed by atoms with E-state index >= 15 is 0 Å². The Balaban J connectivity index is 2.44. The zero-order valence-corrected chi connectivity index (χ0v) is 10.8. The van der Waals surface area contributed by atoms with Gasteiger partial charge in [0.2, 0.25) is 0 Å². The van der Waals surface area contributed by atoms with Crippen LogP contribution in [-0.2, 0) is 6.54 Å². The fourth-order valence-electron chi connectivity index (χ4n) is 2.08. The van der Waals surface area contributed by atoms with Gasteiger partial charge in [0.25, 0.3) is 0 Å². The lowest BCUT2D eigenvalue weighted by atomic mass is 10.1. The van der Waals surface area contributed by atoms with Crippen LogP contribution in [0.5, 0.6) is 5.75 Å². The number of phenolic OH excluding ortho intramolecular Hbond substituents is 1. The molecule has 1 aromatic heterocycles. The Hall–Kier alpha value is -1.85. The minimum absolute atomic E-state index is 0.0653. The Morgan fingerprint density at radius 2 is 2.11 bits per heavy atom.